The highest BCUT2D eigenvalue weighted by Gasteiger charge is 2.04. The van der Waals surface area contributed by atoms with Crippen LogP contribution in [0, 0.1) is 6.92 Å². The van der Waals surface area contributed by atoms with E-state index < -0.39 is 5.97 Å². The lowest BCUT2D eigenvalue weighted by Gasteiger charge is -2.07. The van der Waals surface area contributed by atoms with Crippen molar-refractivity contribution >= 4 is 22.9 Å². The number of carbonyl (C=O) groups is 1. The first-order valence-electron chi connectivity index (χ1n) is 5.46. The maximum atomic E-state index is 10.5. The number of carboxylic acid groups (broad SMARTS) is 1. The molecule has 1 heterocycles. The fourth-order valence-electron chi connectivity index (χ4n) is 1.78. The summed E-state index contributed by atoms with van der Waals surface area (Å²) in [4.78, 5) is 14.9. The first kappa shape index (κ1) is 12.1. The van der Waals surface area contributed by atoms with Gasteiger partial charge in [-0.15, -0.1) is 0 Å². The van der Waals surface area contributed by atoms with Crippen LogP contribution < -0.4 is 4.74 Å². The quantitative estimate of drug-likeness (QED) is 0.842. The van der Waals surface area contributed by atoms with Gasteiger partial charge in [-0.3, -0.25) is 4.98 Å². The number of carboxylic acids is 1. The van der Waals surface area contributed by atoms with Gasteiger partial charge in [-0.05, 0) is 30.7 Å². The lowest BCUT2D eigenvalue weighted by molar-refractivity contribution is -0.131. The third-order valence-corrected chi connectivity index (χ3v) is 2.56. The molecule has 18 heavy (non-hydrogen) atoms. The zero-order valence-electron chi connectivity index (χ0n) is 10.2. The standard InChI is InChI=1S/C14H13NO3/c1-9-7-13(18-2)11-8-10(4-6-14(16)17)3-5-12(11)15-9/h3-8H,1-2H3,(H,16,17)/b6-4+. The van der Waals surface area contributed by atoms with Crippen LogP contribution in [0.4, 0.5) is 0 Å². The number of hydrogen-bond donors (Lipinski definition) is 1. The Morgan fingerprint density at radius 1 is 1.39 bits per heavy atom. The Kier molecular flexibility index (Phi) is 3.28. The number of rotatable bonds is 3. The molecule has 0 amide bonds. The summed E-state index contributed by atoms with van der Waals surface area (Å²) in [5.74, 6) is -0.229. The molecular formula is C14H13NO3. The Hall–Kier alpha value is -2.36. The minimum Gasteiger partial charge on any atom is -0.496 e. The fraction of sp³-hybridized carbons (Fsp3) is 0.143. The summed E-state index contributed by atoms with van der Waals surface area (Å²) in [5.41, 5.74) is 2.52. The monoisotopic (exact) mass is 243 g/mol. The molecule has 0 unspecified atom stereocenters. The molecule has 0 saturated heterocycles. The van der Waals surface area contributed by atoms with Crippen molar-refractivity contribution in [3.8, 4) is 5.75 Å². The van der Waals surface area contributed by atoms with Gasteiger partial charge in [0.15, 0.2) is 0 Å². The first-order valence-corrected chi connectivity index (χ1v) is 5.46. The number of hydrogen-bond acceptors (Lipinski definition) is 3. The summed E-state index contributed by atoms with van der Waals surface area (Å²) < 4.78 is 5.31. The van der Waals surface area contributed by atoms with Gasteiger partial charge in [0.05, 0.1) is 12.6 Å². The third-order valence-electron chi connectivity index (χ3n) is 2.56. The van der Waals surface area contributed by atoms with Gasteiger partial charge in [-0.1, -0.05) is 6.07 Å². The van der Waals surface area contributed by atoms with Crippen LogP contribution in [0.1, 0.15) is 11.3 Å². The van der Waals surface area contributed by atoms with E-state index in [1.54, 1.807) is 13.2 Å². The van der Waals surface area contributed by atoms with E-state index in [-0.39, 0.29) is 0 Å². The molecule has 2 aromatic rings. The molecule has 0 aliphatic heterocycles. The first-order chi connectivity index (χ1) is 8.60. The van der Waals surface area contributed by atoms with Crippen molar-refractivity contribution in [2.24, 2.45) is 0 Å². The summed E-state index contributed by atoms with van der Waals surface area (Å²) in [5, 5.41) is 9.47. The molecule has 0 radical (unpaired) electrons. The van der Waals surface area contributed by atoms with Gasteiger partial charge >= 0.3 is 5.97 Å². The van der Waals surface area contributed by atoms with Crippen LogP contribution in [0.15, 0.2) is 30.3 Å². The van der Waals surface area contributed by atoms with Crippen molar-refractivity contribution in [3.05, 3.63) is 41.6 Å². The lowest BCUT2D eigenvalue weighted by Crippen LogP contribution is -1.91. The van der Waals surface area contributed by atoms with E-state index in [4.69, 9.17) is 9.84 Å². The summed E-state index contributed by atoms with van der Waals surface area (Å²) in [7, 11) is 1.61. The molecule has 1 aromatic heterocycles. The van der Waals surface area contributed by atoms with Crippen molar-refractivity contribution in [1.29, 1.82) is 0 Å². The Morgan fingerprint density at radius 3 is 2.83 bits per heavy atom. The van der Waals surface area contributed by atoms with Crippen LogP contribution in [0.5, 0.6) is 5.75 Å². The molecule has 92 valence electrons. The van der Waals surface area contributed by atoms with Crippen molar-refractivity contribution in [2.45, 2.75) is 6.92 Å². The van der Waals surface area contributed by atoms with Crippen molar-refractivity contribution in [3.63, 3.8) is 0 Å². The Morgan fingerprint density at radius 2 is 2.17 bits per heavy atom. The molecular weight excluding hydrogens is 230 g/mol. The number of methoxy groups -OCH3 is 1. The molecule has 0 aliphatic carbocycles. The molecule has 4 nitrogen and oxygen atoms in total. The van der Waals surface area contributed by atoms with E-state index in [9.17, 15) is 4.79 Å². The van der Waals surface area contributed by atoms with Gasteiger partial charge in [-0.2, -0.15) is 0 Å². The molecule has 0 fully saturated rings. The highest BCUT2D eigenvalue weighted by atomic mass is 16.5. The van der Waals surface area contributed by atoms with E-state index in [1.807, 2.05) is 31.2 Å². The molecule has 0 saturated carbocycles. The van der Waals surface area contributed by atoms with Crippen LogP contribution >= 0.6 is 0 Å². The molecule has 0 aliphatic rings. The second kappa shape index (κ2) is 4.87. The number of benzene rings is 1. The Bertz CT molecular complexity index is 632. The van der Waals surface area contributed by atoms with Crippen LogP contribution in [0.3, 0.4) is 0 Å². The van der Waals surface area contributed by atoms with Gasteiger partial charge in [0.25, 0.3) is 0 Å². The molecule has 0 atom stereocenters. The van der Waals surface area contributed by atoms with E-state index in [1.165, 1.54) is 0 Å². The smallest absolute Gasteiger partial charge is 0.328 e. The van der Waals surface area contributed by atoms with E-state index in [0.717, 1.165) is 34.0 Å². The average Bonchev–Trinajstić information content (AvgIpc) is 2.35. The topological polar surface area (TPSA) is 59.4 Å². The zero-order chi connectivity index (χ0) is 13.1. The third kappa shape index (κ3) is 2.48. The van der Waals surface area contributed by atoms with Crippen LogP contribution in [0.2, 0.25) is 0 Å². The van der Waals surface area contributed by atoms with Crippen molar-refractivity contribution < 1.29 is 14.6 Å². The molecule has 0 spiro atoms. The highest BCUT2D eigenvalue weighted by molar-refractivity contribution is 5.90. The lowest BCUT2D eigenvalue weighted by atomic mass is 10.1. The van der Waals surface area contributed by atoms with E-state index >= 15 is 0 Å². The van der Waals surface area contributed by atoms with Gasteiger partial charge < -0.3 is 9.84 Å². The minimum absolute atomic E-state index is 0.739. The number of aliphatic carboxylic acids is 1. The second-order valence-electron chi connectivity index (χ2n) is 3.91. The molecule has 4 heteroatoms. The number of aryl methyl sites for hydroxylation is 1. The Labute approximate surface area is 105 Å². The Balaban J connectivity index is 2.56. The number of pyridine rings is 1. The van der Waals surface area contributed by atoms with Gasteiger partial charge in [0, 0.05) is 23.2 Å². The molecule has 1 aromatic carbocycles. The van der Waals surface area contributed by atoms with Crippen LogP contribution in [-0.4, -0.2) is 23.2 Å². The van der Waals surface area contributed by atoms with Crippen molar-refractivity contribution in [2.75, 3.05) is 7.11 Å². The molecule has 1 N–H and O–H groups in total. The van der Waals surface area contributed by atoms with Crippen LogP contribution in [-0.2, 0) is 4.79 Å². The number of ether oxygens (including phenoxy) is 1. The summed E-state index contributed by atoms with van der Waals surface area (Å²) in [6.45, 7) is 1.90. The predicted molar refractivity (Wildman–Crippen MR) is 69.7 cm³/mol. The maximum absolute atomic E-state index is 10.5. The largest absolute Gasteiger partial charge is 0.496 e. The van der Waals surface area contributed by atoms with E-state index in [2.05, 4.69) is 4.98 Å². The number of fused-ring (bicyclic) bond motifs is 1. The zero-order valence-corrected chi connectivity index (χ0v) is 10.2. The minimum atomic E-state index is -0.968. The summed E-state index contributed by atoms with van der Waals surface area (Å²) in [6.07, 6.45) is 2.65. The molecule has 2 rings (SSSR count). The average molecular weight is 243 g/mol. The summed E-state index contributed by atoms with van der Waals surface area (Å²) in [6, 6.07) is 7.40. The van der Waals surface area contributed by atoms with Gasteiger partial charge in [0.1, 0.15) is 5.75 Å². The number of nitrogens with zero attached hydrogens (tertiary/aromatic N) is 1. The van der Waals surface area contributed by atoms with Crippen LogP contribution in [0.25, 0.3) is 17.0 Å². The summed E-state index contributed by atoms with van der Waals surface area (Å²) >= 11 is 0. The normalized spacial score (nSPS) is 11.0. The maximum Gasteiger partial charge on any atom is 0.328 e. The number of aromatic nitrogens is 1. The van der Waals surface area contributed by atoms with Crippen molar-refractivity contribution in [1.82, 2.24) is 4.98 Å². The second-order valence-corrected chi connectivity index (χ2v) is 3.91. The van der Waals surface area contributed by atoms with Gasteiger partial charge in [-0.25, -0.2) is 4.79 Å². The highest BCUT2D eigenvalue weighted by Crippen LogP contribution is 2.26. The fourth-order valence-corrected chi connectivity index (χ4v) is 1.78. The van der Waals surface area contributed by atoms with E-state index in [0.29, 0.717) is 0 Å². The molecule has 0 bridgehead atoms. The van der Waals surface area contributed by atoms with Gasteiger partial charge in [0.2, 0.25) is 0 Å². The SMILES string of the molecule is COc1cc(C)nc2ccc(/C=C/C(=O)O)cc12. The predicted octanol–water partition coefficient (Wildman–Crippen LogP) is 2.65.